The predicted molar refractivity (Wildman–Crippen MR) is 57.2 cm³/mol. The predicted octanol–water partition coefficient (Wildman–Crippen LogP) is 0.809. The number of hydrogen-bond acceptors (Lipinski definition) is 4. The summed E-state index contributed by atoms with van der Waals surface area (Å²) < 4.78 is 27.8. The molecule has 15 heavy (non-hydrogen) atoms. The van der Waals surface area contributed by atoms with Crippen LogP contribution in [-0.4, -0.2) is 15.5 Å². The molecule has 0 amide bonds. The van der Waals surface area contributed by atoms with Gasteiger partial charge < -0.3 is 4.74 Å². The van der Waals surface area contributed by atoms with Crippen molar-refractivity contribution in [1.82, 2.24) is 4.83 Å². The van der Waals surface area contributed by atoms with Gasteiger partial charge in [-0.05, 0) is 24.6 Å². The van der Waals surface area contributed by atoms with E-state index < -0.39 is 10.0 Å². The Bertz CT molecular complexity index is 473. The second-order valence-corrected chi connectivity index (χ2v) is 4.96. The summed E-state index contributed by atoms with van der Waals surface area (Å²) in [5, 5.41) is 0.219. The van der Waals surface area contributed by atoms with E-state index in [0.717, 1.165) is 0 Å². The molecule has 0 aromatic heterocycles. The molecule has 0 atom stereocenters. The van der Waals surface area contributed by atoms with E-state index in [9.17, 15) is 8.42 Å². The van der Waals surface area contributed by atoms with Crippen molar-refractivity contribution in [2.45, 2.75) is 11.8 Å². The quantitative estimate of drug-likeness (QED) is 0.614. The zero-order chi connectivity index (χ0) is 11.6. The van der Waals surface area contributed by atoms with Gasteiger partial charge in [-0.15, -0.1) is 0 Å². The fourth-order valence-electron chi connectivity index (χ4n) is 1.15. The first-order chi connectivity index (χ1) is 6.92. The summed E-state index contributed by atoms with van der Waals surface area (Å²) in [6.45, 7) is 1.63. The summed E-state index contributed by atoms with van der Waals surface area (Å²) in [4.78, 5) is 1.77. The van der Waals surface area contributed by atoms with Crippen LogP contribution < -0.4 is 15.4 Å². The average Bonchev–Trinajstić information content (AvgIpc) is 2.20. The molecule has 0 fully saturated rings. The minimum Gasteiger partial charge on any atom is -0.495 e. The summed E-state index contributed by atoms with van der Waals surface area (Å²) in [7, 11) is -2.23. The van der Waals surface area contributed by atoms with Gasteiger partial charge in [0.05, 0.1) is 17.0 Å². The first-order valence-corrected chi connectivity index (χ1v) is 5.85. The zero-order valence-electron chi connectivity index (χ0n) is 8.24. The maximum atomic E-state index is 11.4. The average molecular weight is 251 g/mol. The molecule has 0 aliphatic rings. The number of sulfonamides is 1. The monoisotopic (exact) mass is 250 g/mol. The van der Waals surface area contributed by atoms with Crippen molar-refractivity contribution in [1.29, 1.82) is 0 Å². The van der Waals surface area contributed by atoms with Crippen LogP contribution in [-0.2, 0) is 10.0 Å². The first-order valence-electron chi connectivity index (χ1n) is 3.99. The molecule has 0 aliphatic carbocycles. The lowest BCUT2D eigenvalue weighted by Gasteiger charge is -2.09. The Kier molecular flexibility index (Phi) is 3.56. The number of ether oxygens (including phenoxy) is 1. The van der Waals surface area contributed by atoms with Gasteiger partial charge in [0, 0.05) is 0 Å². The highest BCUT2D eigenvalue weighted by Gasteiger charge is 2.17. The van der Waals surface area contributed by atoms with Crippen molar-refractivity contribution < 1.29 is 13.2 Å². The van der Waals surface area contributed by atoms with Gasteiger partial charge in [-0.3, -0.25) is 5.84 Å². The summed E-state index contributed by atoms with van der Waals surface area (Å²) in [6, 6.07) is 2.83. The van der Waals surface area contributed by atoms with E-state index in [2.05, 4.69) is 0 Å². The molecule has 0 spiro atoms. The van der Waals surface area contributed by atoms with E-state index in [1.165, 1.54) is 19.2 Å². The Morgan fingerprint density at radius 1 is 1.47 bits per heavy atom. The summed E-state index contributed by atoms with van der Waals surface area (Å²) in [5.74, 6) is 5.34. The van der Waals surface area contributed by atoms with Crippen LogP contribution in [0.2, 0.25) is 5.02 Å². The van der Waals surface area contributed by atoms with Gasteiger partial charge in [-0.2, -0.15) is 4.83 Å². The molecule has 0 heterocycles. The number of nitrogens with one attached hydrogen (secondary N) is 1. The van der Waals surface area contributed by atoms with Gasteiger partial charge in [0.1, 0.15) is 5.75 Å². The molecule has 1 rings (SSSR count). The topological polar surface area (TPSA) is 81.4 Å². The van der Waals surface area contributed by atoms with E-state index in [-0.39, 0.29) is 9.92 Å². The third kappa shape index (κ3) is 2.40. The second kappa shape index (κ2) is 4.36. The Morgan fingerprint density at radius 3 is 2.53 bits per heavy atom. The molecule has 84 valence electrons. The zero-order valence-corrected chi connectivity index (χ0v) is 9.82. The van der Waals surface area contributed by atoms with Crippen molar-refractivity contribution in [3.05, 3.63) is 22.7 Å². The second-order valence-electron chi connectivity index (χ2n) is 2.87. The van der Waals surface area contributed by atoms with Crippen LogP contribution in [0.1, 0.15) is 5.56 Å². The molecule has 0 aliphatic heterocycles. The third-order valence-electron chi connectivity index (χ3n) is 1.89. The van der Waals surface area contributed by atoms with Crippen LogP contribution in [0.5, 0.6) is 5.75 Å². The Balaban J connectivity index is 3.41. The first kappa shape index (κ1) is 12.3. The molecular weight excluding hydrogens is 240 g/mol. The molecule has 3 N–H and O–H groups in total. The maximum Gasteiger partial charge on any atom is 0.253 e. The van der Waals surface area contributed by atoms with Crippen LogP contribution in [0.3, 0.4) is 0 Å². The molecule has 1 aromatic carbocycles. The standard InChI is InChI=1S/C8H11ClN2O3S/c1-5-3-7(14-2)6(9)4-8(5)15(12,13)11-10/h3-4,11H,10H2,1-2H3. The van der Waals surface area contributed by atoms with Crippen LogP contribution in [0, 0.1) is 6.92 Å². The van der Waals surface area contributed by atoms with Crippen molar-refractivity contribution in [2.24, 2.45) is 5.84 Å². The molecule has 0 unspecified atom stereocenters. The van der Waals surface area contributed by atoms with E-state index >= 15 is 0 Å². The minimum atomic E-state index is -3.69. The van der Waals surface area contributed by atoms with Gasteiger partial charge in [-0.25, -0.2) is 8.42 Å². The van der Waals surface area contributed by atoms with Gasteiger partial charge in [0.15, 0.2) is 0 Å². The number of hydrogen-bond donors (Lipinski definition) is 2. The van der Waals surface area contributed by atoms with Crippen molar-refractivity contribution in [3.63, 3.8) is 0 Å². The Labute approximate surface area is 93.2 Å². The number of methoxy groups -OCH3 is 1. The number of halogens is 1. The lowest BCUT2D eigenvalue weighted by atomic mass is 10.2. The molecule has 0 radical (unpaired) electrons. The van der Waals surface area contributed by atoms with Crippen LogP contribution >= 0.6 is 11.6 Å². The lowest BCUT2D eigenvalue weighted by molar-refractivity contribution is 0.414. The molecule has 0 saturated carbocycles. The number of hydrazine groups is 1. The Hall–Kier alpha value is -0.820. The summed E-state index contributed by atoms with van der Waals surface area (Å²) >= 11 is 5.81. The van der Waals surface area contributed by atoms with Crippen molar-refractivity contribution >= 4 is 21.6 Å². The normalized spacial score (nSPS) is 11.5. The highest BCUT2D eigenvalue weighted by atomic mass is 35.5. The molecule has 0 bridgehead atoms. The van der Waals surface area contributed by atoms with Gasteiger partial charge in [0.25, 0.3) is 10.0 Å². The van der Waals surface area contributed by atoms with Gasteiger partial charge in [0.2, 0.25) is 0 Å². The summed E-state index contributed by atoms with van der Waals surface area (Å²) in [5.41, 5.74) is 0.509. The Morgan fingerprint density at radius 2 is 2.07 bits per heavy atom. The van der Waals surface area contributed by atoms with Crippen LogP contribution in [0.25, 0.3) is 0 Å². The van der Waals surface area contributed by atoms with Gasteiger partial charge >= 0.3 is 0 Å². The molecule has 0 saturated heterocycles. The molecule has 5 nitrogen and oxygen atoms in total. The molecule has 1 aromatic rings. The largest absolute Gasteiger partial charge is 0.495 e. The highest BCUT2D eigenvalue weighted by Crippen LogP contribution is 2.29. The smallest absolute Gasteiger partial charge is 0.253 e. The fraction of sp³-hybridized carbons (Fsp3) is 0.250. The van der Waals surface area contributed by atoms with E-state index in [1.807, 2.05) is 0 Å². The SMILES string of the molecule is COc1cc(C)c(S(=O)(=O)NN)cc1Cl. The van der Waals surface area contributed by atoms with E-state index in [0.29, 0.717) is 11.3 Å². The minimum absolute atomic E-state index is 0.0378. The van der Waals surface area contributed by atoms with E-state index in [4.69, 9.17) is 22.2 Å². The van der Waals surface area contributed by atoms with Gasteiger partial charge in [-0.1, -0.05) is 11.6 Å². The molecular formula is C8H11ClN2O3S. The van der Waals surface area contributed by atoms with Crippen LogP contribution in [0.4, 0.5) is 0 Å². The highest BCUT2D eigenvalue weighted by molar-refractivity contribution is 7.89. The van der Waals surface area contributed by atoms with Crippen LogP contribution in [0.15, 0.2) is 17.0 Å². The molecule has 7 heteroatoms. The number of nitrogens with two attached hydrogens (primary N) is 1. The lowest BCUT2D eigenvalue weighted by Crippen LogP contribution is -2.30. The van der Waals surface area contributed by atoms with Crippen molar-refractivity contribution in [2.75, 3.05) is 7.11 Å². The number of rotatable bonds is 3. The van der Waals surface area contributed by atoms with E-state index in [1.54, 1.807) is 11.8 Å². The third-order valence-corrected chi connectivity index (χ3v) is 3.52. The van der Waals surface area contributed by atoms with Crippen molar-refractivity contribution in [3.8, 4) is 5.75 Å². The maximum absolute atomic E-state index is 11.4. The number of benzene rings is 1. The fourth-order valence-corrected chi connectivity index (χ4v) is 2.33. The number of aryl methyl sites for hydroxylation is 1. The summed E-state index contributed by atoms with van der Waals surface area (Å²) in [6.07, 6.45) is 0.